The van der Waals surface area contributed by atoms with Crippen molar-refractivity contribution in [1.82, 2.24) is 0 Å². The third-order valence-electron chi connectivity index (χ3n) is 4.48. The zero-order valence-electron chi connectivity index (χ0n) is 9.94. The second-order valence-electron chi connectivity index (χ2n) is 6.42. The Labute approximate surface area is 93.2 Å². The SMILES string of the molecule is CC(C)(C)C1CCC2(CCSCC2)C1. The molecule has 1 spiro atoms. The van der Waals surface area contributed by atoms with Crippen molar-refractivity contribution in [3.8, 4) is 0 Å². The molecule has 0 aromatic heterocycles. The second-order valence-corrected chi connectivity index (χ2v) is 7.64. The Balaban J connectivity index is 1.99. The molecule has 2 aliphatic rings. The third-order valence-corrected chi connectivity index (χ3v) is 5.47. The first kappa shape index (κ1) is 10.9. The van der Waals surface area contributed by atoms with E-state index in [4.69, 9.17) is 0 Å². The lowest BCUT2D eigenvalue weighted by Gasteiger charge is -2.35. The first-order valence-corrected chi connectivity index (χ1v) is 7.25. The lowest BCUT2D eigenvalue weighted by atomic mass is 9.74. The van der Waals surface area contributed by atoms with Crippen molar-refractivity contribution >= 4 is 11.8 Å². The van der Waals surface area contributed by atoms with Crippen molar-refractivity contribution in [1.29, 1.82) is 0 Å². The molecule has 82 valence electrons. The summed E-state index contributed by atoms with van der Waals surface area (Å²) in [5, 5.41) is 0. The molecule has 0 amide bonds. The van der Waals surface area contributed by atoms with E-state index in [1.165, 1.54) is 43.6 Å². The monoisotopic (exact) mass is 212 g/mol. The van der Waals surface area contributed by atoms with Gasteiger partial charge in [0.25, 0.3) is 0 Å². The molecule has 2 rings (SSSR count). The highest BCUT2D eigenvalue weighted by molar-refractivity contribution is 7.99. The van der Waals surface area contributed by atoms with Gasteiger partial charge in [-0.2, -0.15) is 11.8 Å². The number of rotatable bonds is 0. The number of thioether (sulfide) groups is 1. The first-order chi connectivity index (χ1) is 6.52. The van der Waals surface area contributed by atoms with E-state index >= 15 is 0 Å². The molecule has 1 heterocycles. The maximum Gasteiger partial charge on any atom is -0.00622 e. The molecular weight excluding hydrogens is 188 g/mol. The zero-order chi connectivity index (χ0) is 10.2. The highest BCUT2D eigenvalue weighted by Gasteiger charge is 2.43. The Morgan fingerprint density at radius 1 is 1.07 bits per heavy atom. The summed E-state index contributed by atoms with van der Waals surface area (Å²) in [6.07, 6.45) is 7.55. The fourth-order valence-electron chi connectivity index (χ4n) is 3.20. The average Bonchev–Trinajstić information content (AvgIpc) is 2.50. The van der Waals surface area contributed by atoms with E-state index in [-0.39, 0.29) is 0 Å². The zero-order valence-corrected chi connectivity index (χ0v) is 10.8. The standard InChI is InChI=1S/C13H24S/c1-12(2,3)11-4-5-13(10-11)6-8-14-9-7-13/h11H,4-10H2,1-3H3. The molecule has 1 aliphatic carbocycles. The van der Waals surface area contributed by atoms with Crippen LogP contribution in [-0.4, -0.2) is 11.5 Å². The van der Waals surface area contributed by atoms with Gasteiger partial charge in [0.1, 0.15) is 0 Å². The van der Waals surface area contributed by atoms with Gasteiger partial charge in [0.2, 0.25) is 0 Å². The van der Waals surface area contributed by atoms with Gasteiger partial charge in [-0.3, -0.25) is 0 Å². The molecule has 0 aromatic rings. The van der Waals surface area contributed by atoms with Crippen LogP contribution < -0.4 is 0 Å². The van der Waals surface area contributed by atoms with Gasteiger partial charge in [0.05, 0.1) is 0 Å². The van der Waals surface area contributed by atoms with Crippen LogP contribution in [0.2, 0.25) is 0 Å². The molecule has 1 heteroatoms. The summed E-state index contributed by atoms with van der Waals surface area (Å²) < 4.78 is 0. The van der Waals surface area contributed by atoms with Crippen molar-refractivity contribution in [2.75, 3.05) is 11.5 Å². The molecule has 0 aromatic carbocycles. The predicted molar refractivity (Wildman–Crippen MR) is 65.8 cm³/mol. The van der Waals surface area contributed by atoms with Crippen molar-refractivity contribution in [3.63, 3.8) is 0 Å². The molecule has 0 radical (unpaired) electrons. The normalized spacial score (nSPS) is 32.4. The van der Waals surface area contributed by atoms with Crippen LogP contribution >= 0.6 is 11.8 Å². The van der Waals surface area contributed by atoms with Crippen LogP contribution in [0.5, 0.6) is 0 Å². The largest absolute Gasteiger partial charge is 0.162 e. The maximum atomic E-state index is 2.42. The van der Waals surface area contributed by atoms with E-state index in [0.29, 0.717) is 5.41 Å². The van der Waals surface area contributed by atoms with Crippen molar-refractivity contribution in [2.24, 2.45) is 16.7 Å². The lowest BCUT2D eigenvalue weighted by Crippen LogP contribution is -2.25. The van der Waals surface area contributed by atoms with Crippen LogP contribution in [0, 0.1) is 16.7 Å². The van der Waals surface area contributed by atoms with Gasteiger partial charge in [0, 0.05) is 0 Å². The van der Waals surface area contributed by atoms with Crippen LogP contribution in [0.1, 0.15) is 52.9 Å². The van der Waals surface area contributed by atoms with Gasteiger partial charge in [0.15, 0.2) is 0 Å². The lowest BCUT2D eigenvalue weighted by molar-refractivity contribution is 0.197. The van der Waals surface area contributed by atoms with Crippen molar-refractivity contribution in [2.45, 2.75) is 52.9 Å². The minimum atomic E-state index is 0.550. The van der Waals surface area contributed by atoms with Crippen molar-refractivity contribution < 1.29 is 0 Å². The maximum absolute atomic E-state index is 2.42. The van der Waals surface area contributed by atoms with Gasteiger partial charge in [-0.1, -0.05) is 20.8 Å². The Morgan fingerprint density at radius 2 is 1.71 bits per heavy atom. The summed E-state index contributed by atoms with van der Waals surface area (Å²) in [5.41, 5.74) is 1.33. The predicted octanol–water partition coefficient (Wildman–Crippen LogP) is 4.35. The van der Waals surface area contributed by atoms with Crippen LogP contribution in [0.4, 0.5) is 0 Å². The third kappa shape index (κ3) is 2.13. The molecule has 14 heavy (non-hydrogen) atoms. The topological polar surface area (TPSA) is 0 Å². The highest BCUT2D eigenvalue weighted by Crippen LogP contribution is 2.54. The highest BCUT2D eigenvalue weighted by atomic mass is 32.2. The molecule has 1 unspecified atom stereocenters. The Hall–Kier alpha value is 0.350. The van der Waals surface area contributed by atoms with E-state index in [1.54, 1.807) is 0 Å². The van der Waals surface area contributed by atoms with Gasteiger partial charge in [-0.05, 0) is 60.4 Å². The van der Waals surface area contributed by atoms with Gasteiger partial charge >= 0.3 is 0 Å². The number of hydrogen-bond donors (Lipinski definition) is 0. The summed E-state index contributed by atoms with van der Waals surface area (Å²) in [7, 11) is 0. The quantitative estimate of drug-likeness (QED) is 0.575. The number of hydrogen-bond acceptors (Lipinski definition) is 1. The average molecular weight is 212 g/mol. The van der Waals surface area contributed by atoms with E-state index in [1.807, 2.05) is 0 Å². The fraction of sp³-hybridized carbons (Fsp3) is 1.00. The minimum absolute atomic E-state index is 0.550. The molecule has 1 saturated carbocycles. The Morgan fingerprint density at radius 3 is 2.21 bits per heavy atom. The Kier molecular flexibility index (Phi) is 2.90. The van der Waals surface area contributed by atoms with Crippen molar-refractivity contribution in [3.05, 3.63) is 0 Å². The summed E-state index contributed by atoms with van der Waals surface area (Å²) in [5.74, 6) is 3.85. The van der Waals surface area contributed by atoms with Gasteiger partial charge < -0.3 is 0 Å². The van der Waals surface area contributed by atoms with E-state index in [2.05, 4.69) is 32.5 Å². The molecule has 0 nitrogen and oxygen atoms in total. The Bertz CT molecular complexity index is 196. The van der Waals surface area contributed by atoms with Crippen LogP contribution in [0.25, 0.3) is 0 Å². The smallest absolute Gasteiger partial charge is 0.00622 e. The van der Waals surface area contributed by atoms with E-state index in [9.17, 15) is 0 Å². The summed E-state index contributed by atoms with van der Waals surface area (Å²) in [4.78, 5) is 0. The molecule has 1 saturated heterocycles. The second kappa shape index (κ2) is 3.73. The van der Waals surface area contributed by atoms with Crippen LogP contribution in [0.3, 0.4) is 0 Å². The summed E-state index contributed by atoms with van der Waals surface area (Å²) >= 11 is 2.16. The first-order valence-electron chi connectivity index (χ1n) is 6.10. The molecule has 1 aliphatic heterocycles. The summed E-state index contributed by atoms with van der Waals surface area (Å²) in [6, 6.07) is 0. The fourth-order valence-corrected chi connectivity index (χ4v) is 4.56. The summed E-state index contributed by atoms with van der Waals surface area (Å²) in [6.45, 7) is 7.27. The van der Waals surface area contributed by atoms with E-state index in [0.717, 1.165) is 11.3 Å². The van der Waals surface area contributed by atoms with Crippen LogP contribution in [-0.2, 0) is 0 Å². The minimum Gasteiger partial charge on any atom is -0.162 e. The van der Waals surface area contributed by atoms with Gasteiger partial charge in [-0.15, -0.1) is 0 Å². The van der Waals surface area contributed by atoms with Gasteiger partial charge in [-0.25, -0.2) is 0 Å². The molecule has 2 fully saturated rings. The van der Waals surface area contributed by atoms with E-state index < -0.39 is 0 Å². The molecule has 0 bridgehead atoms. The molecule has 0 N–H and O–H groups in total. The molecular formula is C13H24S. The van der Waals surface area contributed by atoms with Crippen LogP contribution in [0.15, 0.2) is 0 Å². The molecule has 1 atom stereocenters.